The number of nitrogens with zero attached hydrogens (tertiary/aromatic N) is 5. The van der Waals surface area contributed by atoms with Crippen LogP contribution in [0.2, 0.25) is 0 Å². The number of carbonyl (C=O) groups excluding carboxylic acids is 3. The van der Waals surface area contributed by atoms with Crippen LogP contribution < -0.4 is 5.32 Å². The first kappa shape index (κ1) is 33.9. The molecule has 3 aliphatic rings. The van der Waals surface area contributed by atoms with Crippen molar-refractivity contribution >= 4 is 30.1 Å². The van der Waals surface area contributed by atoms with Gasteiger partial charge in [0.25, 0.3) is 5.91 Å². The van der Waals surface area contributed by atoms with Crippen molar-refractivity contribution in [1.82, 2.24) is 29.8 Å². The second-order valence-corrected chi connectivity index (χ2v) is 12.9. The van der Waals surface area contributed by atoms with E-state index in [0.717, 1.165) is 61.4 Å². The molecule has 2 N–H and O–H groups in total. The zero-order valence-corrected chi connectivity index (χ0v) is 27.7. The number of rotatable bonds is 9. The fourth-order valence-corrected chi connectivity index (χ4v) is 6.90. The van der Waals surface area contributed by atoms with E-state index >= 15 is 0 Å². The number of amides is 3. The van der Waals surface area contributed by atoms with Gasteiger partial charge >= 0.3 is 0 Å². The standard InChI is InChI=1S/C33H48N6O4.ClH/c1-6-7-18-38-31(42)28(29(40)22(2)3)34-32(43)33(38)14-19-36(20-15-33)21-27-23(4)35-39(24(27)5)26-12-10-25(11-13-26)30(41)37-16-8-9-17-37;/h10-13,22,28-29,40H,6-9,14-21H2,1-5H3,(H,34,43);1H/t28-,29-;/m1./s1. The van der Waals surface area contributed by atoms with Crippen LogP contribution in [0.3, 0.4) is 0 Å². The number of piperazine rings is 1. The van der Waals surface area contributed by atoms with Gasteiger partial charge in [-0.2, -0.15) is 5.10 Å². The maximum absolute atomic E-state index is 13.6. The molecule has 2 atom stereocenters. The Morgan fingerprint density at radius 1 is 1.07 bits per heavy atom. The lowest BCUT2D eigenvalue weighted by Crippen LogP contribution is -2.74. The lowest BCUT2D eigenvalue weighted by molar-refractivity contribution is -0.165. The molecule has 44 heavy (non-hydrogen) atoms. The van der Waals surface area contributed by atoms with Crippen molar-refractivity contribution in [3.63, 3.8) is 0 Å². The van der Waals surface area contributed by atoms with E-state index in [9.17, 15) is 19.5 Å². The molecule has 242 valence electrons. The number of hydrogen-bond acceptors (Lipinski definition) is 6. The van der Waals surface area contributed by atoms with Gasteiger partial charge in [-0.25, -0.2) is 4.68 Å². The fourth-order valence-electron chi connectivity index (χ4n) is 6.90. The number of aryl methyl sites for hydroxylation is 1. The molecule has 4 heterocycles. The number of hydrogen-bond donors (Lipinski definition) is 2. The van der Waals surface area contributed by atoms with Gasteiger partial charge in [0.1, 0.15) is 11.6 Å². The number of piperidine rings is 1. The Labute approximate surface area is 267 Å². The van der Waals surface area contributed by atoms with Crippen LogP contribution in [0, 0.1) is 19.8 Å². The molecular formula is C33H49ClN6O4. The predicted molar refractivity (Wildman–Crippen MR) is 172 cm³/mol. The quantitative estimate of drug-likeness (QED) is 0.439. The Morgan fingerprint density at radius 3 is 2.30 bits per heavy atom. The molecule has 0 unspecified atom stereocenters. The first-order valence-electron chi connectivity index (χ1n) is 16.0. The number of benzene rings is 1. The molecule has 1 aromatic carbocycles. The Hall–Kier alpha value is -2.95. The first-order valence-corrected chi connectivity index (χ1v) is 16.0. The van der Waals surface area contributed by atoms with Crippen LogP contribution in [0.5, 0.6) is 0 Å². The molecule has 1 aromatic heterocycles. The van der Waals surface area contributed by atoms with Gasteiger partial charge in [-0.05, 0) is 76.1 Å². The van der Waals surface area contributed by atoms with E-state index in [-0.39, 0.29) is 36.0 Å². The van der Waals surface area contributed by atoms with E-state index in [1.807, 2.05) is 54.6 Å². The predicted octanol–water partition coefficient (Wildman–Crippen LogP) is 3.63. The zero-order valence-electron chi connectivity index (χ0n) is 26.8. The number of aromatic nitrogens is 2. The number of halogens is 1. The highest BCUT2D eigenvalue weighted by Crippen LogP contribution is 2.35. The van der Waals surface area contributed by atoms with E-state index in [0.29, 0.717) is 44.6 Å². The third-order valence-corrected chi connectivity index (χ3v) is 9.78. The second kappa shape index (κ2) is 14.0. The lowest BCUT2D eigenvalue weighted by Gasteiger charge is -2.52. The number of aliphatic hydroxyl groups is 1. The molecule has 0 saturated carbocycles. The van der Waals surface area contributed by atoms with Crippen molar-refractivity contribution in [2.75, 3.05) is 32.7 Å². The van der Waals surface area contributed by atoms with Crippen molar-refractivity contribution in [3.05, 3.63) is 46.8 Å². The summed E-state index contributed by atoms with van der Waals surface area (Å²) in [4.78, 5) is 46.1. The highest BCUT2D eigenvalue weighted by molar-refractivity contribution is 6.00. The summed E-state index contributed by atoms with van der Waals surface area (Å²) in [6.45, 7) is 14.2. The van der Waals surface area contributed by atoms with Gasteiger partial charge in [0, 0.05) is 56.1 Å². The molecule has 11 heteroatoms. The van der Waals surface area contributed by atoms with Gasteiger partial charge in [0.15, 0.2) is 0 Å². The van der Waals surface area contributed by atoms with Gasteiger partial charge in [0.05, 0.1) is 17.5 Å². The first-order chi connectivity index (χ1) is 20.6. The molecule has 0 bridgehead atoms. The summed E-state index contributed by atoms with van der Waals surface area (Å²) in [6.07, 6.45) is 4.07. The summed E-state index contributed by atoms with van der Waals surface area (Å²) in [6, 6.07) is 6.81. The Morgan fingerprint density at radius 2 is 1.70 bits per heavy atom. The summed E-state index contributed by atoms with van der Waals surface area (Å²) < 4.78 is 1.94. The Bertz CT molecular complexity index is 1330. The summed E-state index contributed by atoms with van der Waals surface area (Å²) >= 11 is 0. The summed E-state index contributed by atoms with van der Waals surface area (Å²) in [5.41, 5.74) is 3.91. The average molecular weight is 629 g/mol. The molecule has 10 nitrogen and oxygen atoms in total. The highest BCUT2D eigenvalue weighted by Gasteiger charge is 2.54. The molecule has 2 aromatic rings. The van der Waals surface area contributed by atoms with Crippen LogP contribution in [0.1, 0.15) is 86.6 Å². The molecule has 3 amide bonds. The number of likely N-dealkylation sites (tertiary alicyclic amines) is 2. The van der Waals surface area contributed by atoms with Crippen LogP contribution in [-0.2, 0) is 16.1 Å². The van der Waals surface area contributed by atoms with Gasteiger partial charge in [-0.3, -0.25) is 19.3 Å². The molecule has 3 saturated heterocycles. The maximum Gasteiger partial charge on any atom is 0.253 e. The largest absolute Gasteiger partial charge is 0.390 e. The number of unbranched alkanes of at least 4 members (excludes halogenated alkanes) is 1. The van der Waals surface area contributed by atoms with Crippen molar-refractivity contribution in [2.24, 2.45) is 5.92 Å². The molecule has 5 rings (SSSR count). The van der Waals surface area contributed by atoms with Gasteiger partial charge in [-0.1, -0.05) is 27.2 Å². The van der Waals surface area contributed by atoms with Crippen molar-refractivity contribution < 1.29 is 19.5 Å². The van der Waals surface area contributed by atoms with Crippen molar-refractivity contribution in [3.8, 4) is 5.69 Å². The van der Waals surface area contributed by atoms with E-state index in [1.54, 1.807) is 4.90 Å². The minimum Gasteiger partial charge on any atom is -0.390 e. The normalized spacial score (nSPS) is 21.1. The number of carbonyl (C=O) groups is 3. The average Bonchev–Trinajstić information content (AvgIpc) is 3.64. The van der Waals surface area contributed by atoms with Gasteiger partial charge < -0.3 is 20.2 Å². The minimum atomic E-state index is -0.915. The lowest BCUT2D eigenvalue weighted by atomic mass is 9.80. The maximum atomic E-state index is 13.6. The second-order valence-electron chi connectivity index (χ2n) is 12.9. The van der Waals surface area contributed by atoms with Crippen LogP contribution in [0.15, 0.2) is 24.3 Å². The minimum absolute atomic E-state index is 0. The monoisotopic (exact) mass is 628 g/mol. The Balaban J connectivity index is 0.00000442. The summed E-state index contributed by atoms with van der Waals surface area (Å²) in [5.74, 6) is -0.349. The molecular weight excluding hydrogens is 580 g/mol. The third kappa shape index (κ3) is 6.39. The van der Waals surface area contributed by atoms with E-state index in [2.05, 4.69) is 24.1 Å². The van der Waals surface area contributed by atoms with Gasteiger partial charge in [0.2, 0.25) is 11.8 Å². The summed E-state index contributed by atoms with van der Waals surface area (Å²) in [5, 5.41) is 18.5. The third-order valence-electron chi connectivity index (χ3n) is 9.78. The fraction of sp³-hybridized carbons (Fsp3) is 0.636. The topological polar surface area (TPSA) is 111 Å². The van der Waals surface area contributed by atoms with Gasteiger partial charge in [-0.15, -0.1) is 12.4 Å². The highest BCUT2D eigenvalue weighted by atomic mass is 35.5. The molecule has 1 spiro atoms. The molecule has 3 aliphatic heterocycles. The zero-order chi connectivity index (χ0) is 30.9. The Kier molecular flexibility index (Phi) is 10.8. The number of aliphatic hydroxyl groups excluding tert-OH is 1. The molecule has 3 fully saturated rings. The van der Waals surface area contributed by atoms with Crippen molar-refractivity contribution in [1.29, 1.82) is 0 Å². The van der Waals surface area contributed by atoms with E-state index < -0.39 is 17.7 Å². The van der Waals surface area contributed by atoms with Crippen molar-refractivity contribution in [2.45, 2.75) is 97.4 Å². The summed E-state index contributed by atoms with van der Waals surface area (Å²) in [7, 11) is 0. The van der Waals surface area contributed by atoms with Crippen LogP contribution in [-0.4, -0.2) is 97.7 Å². The van der Waals surface area contributed by atoms with Crippen LogP contribution >= 0.6 is 12.4 Å². The van der Waals surface area contributed by atoms with E-state index in [1.165, 1.54) is 0 Å². The molecule has 0 radical (unpaired) electrons. The smallest absolute Gasteiger partial charge is 0.253 e. The van der Waals surface area contributed by atoms with Crippen LogP contribution in [0.4, 0.5) is 0 Å². The van der Waals surface area contributed by atoms with E-state index in [4.69, 9.17) is 5.10 Å². The van der Waals surface area contributed by atoms with Crippen LogP contribution in [0.25, 0.3) is 5.69 Å². The SMILES string of the molecule is CCCCN1C(=O)[C@@H]([C@H](O)C(C)C)NC(=O)C12CCN(Cc1c(C)nn(-c3ccc(C(=O)N4CCCC4)cc3)c1C)CC2.Cl. The number of nitrogens with one attached hydrogen (secondary N) is 1. The molecule has 0 aliphatic carbocycles.